The van der Waals surface area contributed by atoms with Gasteiger partial charge in [0, 0.05) is 23.6 Å². The maximum Gasteiger partial charge on any atom is 0.251 e. The fraction of sp³-hybridized carbons (Fsp3) is 0.412. The van der Waals surface area contributed by atoms with Crippen LogP contribution in [-0.2, 0) is 11.2 Å². The Hall–Kier alpha value is -2.30. The Morgan fingerprint density at radius 3 is 2.82 bits per heavy atom. The van der Waals surface area contributed by atoms with Crippen molar-refractivity contribution in [1.29, 1.82) is 0 Å². The quantitative estimate of drug-likeness (QED) is 0.867. The molecular formula is C17H22N4O. The van der Waals surface area contributed by atoms with Gasteiger partial charge in [0.15, 0.2) is 0 Å². The van der Waals surface area contributed by atoms with Crippen LogP contribution in [0.2, 0.25) is 0 Å². The van der Waals surface area contributed by atoms with E-state index in [0.717, 1.165) is 47.7 Å². The van der Waals surface area contributed by atoms with Crippen LogP contribution in [0.3, 0.4) is 0 Å². The van der Waals surface area contributed by atoms with Crippen LogP contribution < -0.4 is 10.6 Å². The summed E-state index contributed by atoms with van der Waals surface area (Å²) in [5, 5.41) is 4.44. The third-order valence-corrected chi connectivity index (χ3v) is 4.32. The predicted molar refractivity (Wildman–Crippen MR) is 87.9 cm³/mol. The minimum atomic E-state index is -0.318. The lowest BCUT2D eigenvalue weighted by Crippen LogP contribution is -2.40. The van der Waals surface area contributed by atoms with Crippen LogP contribution in [0.15, 0.2) is 24.3 Å². The number of nitrogens with two attached hydrogens (primary N) is 1. The van der Waals surface area contributed by atoms with E-state index in [2.05, 4.69) is 5.10 Å². The normalized spacial score (nSPS) is 15.5. The highest BCUT2D eigenvalue weighted by atomic mass is 16.2. The number of hydrogen-bond acceptors (Lipinski definition) is 3. The number of fused-ring (bicyclic) bond motifs is 1. The predicted octanol–water partition coefficient (Wildman–Crippen LogP) is 2.62. The second-order valence-electron chi connectivity index (χ2n) is 5.99. The van der Waals surface area contributed by atoms with E-state index in [-0.39, 0.29) is 11.9 Å². The highest BCUT2D eigenvalue weighted by Crippen LogP contribution is 2.32. The first-order chi connectivity index (χ1) is 10.5. The second kappa shape index (κ2) is 5.48. The lowest BCUT2D eigenvalue weighted by molar-refractivity contribution is -0.121. The number of aryl methyl sites for hydroxylation is 2. The minimum absolute atomic E-state index is 0.0674. The smallest absolute Gasteiger partial charge is 0.251 e. The molecule has 1 amide bonds. The molecule has 2 heterocycles. The summed E-state index contributed by atoms with van der Waals surface area (Å²) in [7, 11) is 0. The Morgan fingerprint density at radius 1 is 1.36 bits per heavy atom. The molecule has 0 saturated carbocycles. The summed E-state index contributed by atoms with van der Waals surface area (Å²) in [6.45, 7) is 6.56. The molecule has 0 fully saturated rings. The molecule has 116 valence electrons. The Balaban J connectivity index is 1.94. The van der Waals surface area contributed by atoms with Gasteiger partial charge in [-0.2, -0.15) is 5.10 Å². The molecule has 0 bridgehead atoms. The largest absolute Gasteiger partial charge is 0.398 e. The molecule has 5 nitrogen and oxygen atoms in total. The number of anilines is 2. The van der Waals surface area contributed by atoms with E-state index in [1.54, 1.807) is 4.68 Å². The molecule has 3 rings (SSSR count). The van der Waals surface area contributed by atoms with Crippen molar-refractivity contribution in [2.24, 2.45) is 0 Å². The van der Waals surface area contributed by atoms with Crippen molar-refractivity contribution in [2.45, 2.75) is 39.7 Å². The molecule has 0 radical (unpaired) electrons. The molecule has 0 aliphatic carbocycles. The molecule has 1 atom stereocenters. The summed E-state index contributed by atoms with van der Waals surface area (Å²) in [5.41, 5.74) is 10.8. The molecule has 1 aliphatic heterocycles. The molecule has 22 heavy (non-hydrogen) atoms. The molecular weight excluding hydrogens is 276 g/mol. The molecule has 0 saturated heterocycles. The minimum Gasteiger partial charge on any atom is -0.398 e. The first-order valence-electron chi connectivity index (χ1n) is 7.70. The number of amides is 1. The fourth-order valence-corrected chi connectivity index (χ4v) is 3.25. The van der Waals surface area contributed by atoms with E-state index in [1.807, 2.05) is 49.9 Å². The van der Waals surface area contributed by atoms with E-state index in [9.17, 15) is 4.79 Å². The number of nitrogen functional groups attached to an aromatic ring is 1. The zero-order chi connectivity index (χ0) is 15.9. The average Bonchev–Trinajstić information content (AvgIpc) is 2.84. The van der Waals surface area contributed by atoms with Gasteiger partial charge in [0.2, 0.25) is 0 Å². The summed E-state index contributed by atoms with van der Waals surface area (Å²) >= 11 is 0. The van der Waals surface area contributed by atoms with Crippen LogP contribution in [-0.4, -0.2) is 22.2 Å². The van der Waals surface area contributed by atoms with E-state index >= 15 is 0 Å². The van der Waals surface area contributed by atoms with Gasteiger partial charge in [-0.05, 0) is 57.4 Å². The number of benzene rings is 1. The Morgan fingerprint density at radius 2 is 2.14 bits per heavy atom. The Kier molecular flexibility index (Phi) is 3.64. The van der Waals surface area contributed by atoms with Crippen LogP contribution in [0.5, 0.6) is 0 Å². The molecule has 1 aliphatic rings. The van der Waals surface area contributed by atoms with Gasteiger partial charge >= 0.3 is 0 Å². The van der Waals surface area contributed by atoms with E-state index < -0.39 is 0 Å². The zero-order valence-corrected chi connectivity index (χ0v) is 13.3. The summed E-state index contributed by atoms with van der Waals surface area (Å²) < 4.78 is 1.80. The van der Waals surface area contributed by atoms with E-state index in [0.29, 0.717) is 0 Å². The third kappa shape index (κ3) is 2.36. The fourth-order valence-electron chi connectivity index (χ4n) is 3.25. The Bertz CT molecular complexity index is 719. The lowest BCUT2D eigenvalue weighted by Gasteiger charge is -2.32. The highest BCUT2D eigenvalue weighted by Gasteiger charge is 2.28. The SMILES string of the molecule is Cc1cc(C)n(C(C)C(=O)N2CCCc3c(N)cccc32)n1. The van der Waals surface area contributed by atoms with E-state index in [1.165, 1.54) is 0 Å². The van der Waals surface area contributed by atoms with Gasteiger partial charge in [0.1, 0.15) is 6.04 Å². The molecule has 5 heteroatoms. The summed E-state index contributed by atoms with van der Waals surface area (Å²) in [6.07, 6.45) is 1.87. The van der Waals surface area contributed by atoms with Crippen molar-refractivity contribution in [3.8, 4) is 0 Å². The zero-order valence-electron chi connectivity index (χ0n) is 13.3. The van der Waals surface area contributed by atoms with Gasteiger partial charge in [-0.15, -0.1) is 0 Å². The van der Waals surface area contributed by atoms with E-state index in [4.69, 9.17) is 5.73 Å². The summed E-state index contributed by atoms with van der Waals surface area (Å²) in [4.78, 5) is 14.8. The molecule has 2 N–H and O–H groups in total. The van der Waals surface area contributed by atoms with Crippen molar-refractivity contribution in [2.75, 3.05) is 17.2 Å². The van der Waals surface area contributed by atoms with Crippen molar-refractivity contribution in [1.82, 2.24) is 9.78 Å². The van der Waals surface area contributed by atoms with Crippen molar-refractivity contribution in [3.63, 3.8) is 0 Å². The van der Waals surface area contributed by atoms with Crippen molar-refractivity contribution in [3.05, 3.63) is 41.2 Å². The van der Waals surface area contributed by atoms with Gasteiger partial charge in [-0.3, -0.25) is 9.48 Å². The van der Waals surface area contributed by atoms with Gasteiger partial charge in [-0.1, -0.05) is 6.07 Å². The monoisotopic (exact) mass is 298 g/mol. The number of nitrogens with zero attached hydrogens (tertiary/aromatic N) is 3. The molecule has 2 aromatic rings. The van der Waals surface area contributed by atoms with Crippen molar-refractivity contribution >= 4 is 17.3 Å². The first kappa shape index (κ1) is 14.6. The van der Waals surface area contributed by atoms with Crippen LogP contribution in [0, 0.1) is 13.8 Å². The molecule has 1 aromatic heterocycles. The first-order valence-corrected chi connectivity index (χ1v) is 7.70. The number of rotatable bonds is 2. The lowest BCUT2D eigenvalue weighted by atomic mass is 9.99. The second-order valence-corrected chi connectivity index (χ2v) is 5.99. The number of carbonyl (C=O) groups is 1. The van der Waals surface area contributed by atoms with Gasteiger partial charge in [-0.25, -0.2) is 0 Å². The average molecular weight is 298 g/mol. The van der Waals surface area contributed by atoms with Crippen molar-refractivity contribution < 1.29 is 4.79 Å². The standard InChI is InChI=1S/C17H22N4O/c1-11-10-12(2)21(19-11)13(3)17(22)20-9-5-6-14-15(18)7-4-8-16(14)20/h4,7-8,10,13H,5-6,9,18H2,1-3H3. The van der Waals surface area contributed by atoms with Gasteiger partial charge in [0.25, 0.3) is 5.91 Å². The number of hydrogen-bond donors (Lipinski definition) is 1. The Labute approximate surface area is 130 Å². The molecule has 1 unspecified atom stereocenters. The number of carbonyl (C=O) groups excluding carboxylic acids is 1. The van der Waals surface area contributed by atoms with Crippen LogP contribution >= 0.6 is 0 Å². The summed E-state index contributed by atoms with van der Waals surface area (Å²) in [5.74, 6) is 0.0674. The summed E-state index contributed by atoms with van der Waals surface area (Å²) in [6, 6.07) is 7.47. The maximum atomic E-state index is 13.0. The van der Waals surface area contributed by atoms with Crippen LogP contribution in [0.1, 0.15) is 36.3 Å². The maximum absolute atomic E-state index is 13.0. The highest BCUT2D eigenvalue weighted by molar-refractivity contribution is 5.97. The van der Waals surface area contributed by atoms with Gasteiger partial charge < -0.3 is 10.6 Å². The molecule has 1 aromatic carbocycles. The van der Waals surface area contributed by atoms with Gasteiger partial charge in [0.05, 0.1) is 5.69 Å². The number of aromatic nitrogens is 2. The third-order valence-electron chi connectivity index (χ3n) is 4.32. The van der Waals surface area contributed by atoms with Crippen LogP contribution in [0.4, 0.5) is 11.4 Å². The van der Waals surface area contributed by atoms with Crippen LogP contribution in [0.25, 0.3) is 0 Å². The molecule has 0 spiro atoms. The topological polar surface area (TPSA) is 64.2 Å².